The molecule has 0 saturated heterocycles. The molecule has 0 aromatic heterocycles. The SMILES string of the molecule is CC(C)CCCCCCCCCCCCCC(C(=O)[O][Ti](=[O])[O]C(C)C)(C(=O)c1ccc(N)cc1)C(=O)c1ccc(N)cc1. The van der Waals surface area contributed by atoms with Gasteiger partial charge in [-0.3, -0.25) is 0 Å². The average Bonchev–Trinajstić information content (AvgIpc) is 2.97. The van der Waals surface area contributed by atoms with Crippen LogP contribution >= 0.6 is 0 Å². The molecule has 0 unspecified atom stereocenters. The normalized spacial score (nSPS) is 11.6. The summed E-state index contributed by atoms with van der Waals surface area (Å²) in [5.74, 6) is -1.79. The molecule has 0 fully saturated rings. The van der Waals surface area contributed by atoms with Gasteiger partial charge in [0.1, 0.15) is 0 Å². The van der Waals surface area contributed by atoms with Gasteiger partial charge in [0, 0.05) is 0 Å². The van der Waals surface area contributed by atoms with E-state index in [0.717, 1.165) is 31.6 Å². The molecule has 0 bridgehead atoms. The van der Waals surface area contributed by atoms with Crippen molar-refractivity contribution in [2.75, 3.05) is 11.5 Å². The fraction of sp³-hybridized carbons (Fsp3) is 0.571. The van der Waals surface area contributed by atoms with Crippen molar-refractivity contribution in [3.05, 3.63) is 59.7 Å². The van der Waals surface area contributed by atoms with Crippen molar-refractivity contribution >= 4 is 28.9 Å². The Labute approximate surface area is 270 Å². The first-order valence-electron chi connectivity index (χ1n) is 16.2. The van der Waals surface area contributed by atoms with E-state index in [1.807, 2.05) is 0 Å². The number of ketones is 2. The van der Waals surface area contributed by atoms with Crippen molar-refractivity contribution in [3.8, 4) is 0 Å². The van der Waals surface area contributed by atoms with Crippen LogP contribution in [0.15, 0.2) is 48.5 Å². The van der Waals surface area contributed by atoms with Gasteiger partial charge < -0.3 is 0 Å². The Morgan fingerprint density at radius 1 is 0.659 bits per heavy atom. The summed E-state index contributed by atoms with van der Waals surface area (Å²) in [7, 11) is 0. The molecule has 44 heavy (non-hydrogen) atoms. The van der Waals surface area contributed by atoms with Gasteiger partial charge >= 0.3 is 226 Å². The minimum absolute atomic E-state index is 0.0814. The van der Waals surface area contributed by atoms with Crippen molar-refractivity contribution in [2.24, 2.45) is 11.3 Å². The van der Waals surface area contributed by atoms with E-state index < -0.39 is 47.7 Å². The predicted molar refractivity (Wildman–Crippen MR) is 171 cm³/mol. The summed E-state index contributed by atoms with van der Waals surface area (Å²) in [6.45, 7) is 7.87. The van der Waals surface area contributed by atoms with Crippen LogP contribution in [0.1, 0.15) is 132 Å². The first-order valence-corrected chi connectivity index (χ1v) is 18.1. The maximum absolute atomic E-state index is 14.2. The average molecular weight is 645 g/mol. The number of hydrogen-bond donors (Lipinski definition) is 2. The van der Waals surface area contributed by atoms with Crippen LogP contribution in [-0.2, 0) is 33.4 Å². The standard InChI is InChI=1S/C32H46N2O4.C3H7O.O.Ti/c1-24(2)14-12-10-8-6-4-3-5-7-9-11-13-23-32(31(37)38,29(35)25-15-19-27(33)20-16-25)30(36)26-17-21-28(34)22-18-26;1-3(2)4;;/h15-22,24H,3-14,23,33-34H2,1-2H3,(H,37,38);3H,1-2H3;;/q;-1;;+2/p-1. The third-order valence-electron chi connectivity index (χ3n) is 7.81. The fourth-order valence-electron chi connectivity index (χ4n) is 5.29. The molecule has 0 aliphatic carbocycles. The molecule has 0 heterocycles. The summed E-state index contributed by atoms with van der Waals surface area (Å²) in [6, 6.07) is 12.1. The van der Waals surface area contributed by atoms with E-state index in [-0.39, 0.29) is 17.5 Å². The molecule has 8 nitrogen and oxygen atoms in total. The Hall–Kier alpha value is -2.68. The van der Waals surface area contributed by atoms with Gasteiger partial charge in [0.2, 0.25) is 0 Å². The van der Waals surface area contributed by atoms with Gasteiger partial charge in [-0.15, -0.1) is 0 Å². The third kappa shape index (κ3) is 12.4. The summed E-state index contributed by atoms with van der Waals surface area (Å²) < 4.78 is 23.2. The number of nitrogens with two attached hydrogens (primary N) is 2. The second kappa shape index (κ2) is 19.7. The molecule has 0 amide bonds. The third-order valence-corrected chi connectivity index (χ3v) is 9.40. The molecule has 0 radical (unpaired) electrons. The molecule has 0 aliphatic heterocycles. The zero-order valence-electron chi connectivity index (χ0n) is 27.1. The van der Waals surface area contributed by atoms with Crippen molar-refractivity contribution in [1.82, 2.24) is 0 Å². The molecular formula is C35H52N2O6Ti. The number of Topliss-reactive ketones (excluding diaryl/α,β-unsaturated/α-hetero) is 2. The Balaban J connectivity index is 2.16. The molecule has 0 spiro atoms. The van der Waals surface area contributed by atoms with Gasteiger partial charge in [0.15, 0.2) is 0 Å². The molecule has 0 aliphatic rings. The van der Waals surface area contributed by atoms with Crippen molar-refractivity contribution in [2.45, 2.75) is 117 Å². The Morgan fingerprint density at radius 3 is 1.43 bits per heavy atom. The van der Waals surface area contributed by atoms with E-state index in [2.05, 4.69) is 13.8 Å². The topological polar surface area (TPSA) is 139 Å². The minimum atomic E-state index is -4.03. The number of carbonyl (C=O) groups is 3. The summed E-state index contributed by atoms with van der Waals surface area (Å²) in [5.41, 5.74) is 10.6. The summed E-state index contributed by atoms with van der Waals surface area (Å²) in [6.07, 6.45) is 12.7. The Kier molecular flexibility index (Phi) is 16.8. The molecule has 2 aromatic rings. The zero-order valence-corrected chi connectivity index (χ0v) is 28.6. The molecule has 0 atom stereocenters. The first-order chi connectivity index (χ1) is 21.0. The van der Waals surface area contributed by atoms with Crippen LogP contribution < -0.4 is 11.5 Å². The van der Waals surface area contributed by atoms with Crippen LogP contribution in [0, 0.1) is 11.3 Å². The van der Waals surface area contributed by atoms with E-state index in [0.29, 0.717) is 17.8 Å². The van der Waals surface area contributed by atoms with Gasteiger partial charge in [-0.1, -0.05) is 39.5 Å². The first kappa shape index (κ1) is 37.5. The maximum atomic E-state index is 14.2. The van der Waals surface area contributed by atoms with Crippen LogP contribution in [0.4, 0.5) is 11.4 Å². The molecular weight excluding hydrogens is 592 g/mol. The second-order valence-electron chi connectivity index (χ2n) is 12.4. The molecule has 2 aromatic carbocycles. The monoisotopic (exact) mass is 644 g/mol. The van der Waals surface area contributed by atoms with Crippen molar-refractivity contribution < 1.29 is 43.0 Å². The van der Waals surface area contributed by atoms with Gasteiger partial charge in [-0.2, -0.15) is 0 Å². The molecule has 242 valence electrons. The molecule has 9 heteroatoms. The number of anilines is 2. The fourth-order valence-corrected chi connectivity index (χ4v) is 6.48. The van der Waals surface area contributed by atoms with E-state index in [9.17, 15) is 17.7 Å². The number of rotatable bonds is 22. The number of unbranched alkanes of at least 4 members (excludes halogenated alkanes) is 10. The summed E-state index contributed by atoms with van der Waals surface area (Å²) >= 11 is -4.03. The number of carbonyl (C=O) groups excluding carboxylic acids is 3. The van der Waals surface area contributed by atoms with Crippen LogP contribution in [-0.4, -0.2) is 23.6 Å². The van der Waals surface area contributed by atoms with Crippen LogP contribution in [0.5, 0.6) is 0 Å². The van der Waals surface area contributed by atoms with Gasteiger partial charge in [0.05, 0.1) is 0 Å². The van der Waals surface area contributed by atoms with E-state index >= 15 is 0 Å². The second-order valence-corrected chi connectivity index (χ2v) is 13.9. The molecule has 4 N–H and O–H groups in total. The molecule has 2 rings (SSSR count). The van der Waals surface area contributed by atoms with Gasteiger partial charge in [-0.05, 0) is 5.92 Å². The van der Waals surface area contributed by atoms with Crippen LogP contribution in [0.25, 0.3) is 0 Å². The van der Waals surface area contributed by atoms with Gasteiger partial charge in [0.25, 0.3) is 0 Å². The summed E-state index contributed by atoms with van der Waals surface area (Å²) in [4.78, 5) is 42.2. The van der Waals surface area contributed by atoms with E-state index in [4.69, 9.17) is 18.1 Å². The Morgan fingerprint density at radius 2 is 1.05 bits per heavy atom. The Bertz CT molecular complexity index is 1140. The number of benzene rings is 2. The molecule has 0 saturated carbocycles. The quantitative estimate of drug-likeness (QED) is 0.0428. The zero-order chi connectivity index (χ0) is 32.5. The van der Waals surface area contributed by atoms with Crippen molar-refractivity contribution in [3.63, 3.8) is 0 Å². The predicted octanol–water partition coefficient (Wildman–Crippen LogP) is 8.39. The van der Waals surface area contributed by atoms with Gasteiger partial charge in [-0.25, -0.2) is 0 Å². The van der Waals surface area contributed by atoms with E-state index in [1.54, 1.807) is 13.8 Å². The number of hydrogen-bond acceptors (Lipinski definition) is 8. The van der Waals surface area contributed by atoms with E-state index in [1.165, 1.54) is 93.5 Å². The van der Waals surface area contributed by atoms with Crippen LogP contribution in [0.2, 0.25) is 0 Å². The summed E-state index contributed by atoms with van der Waals surface area (Å²) in [5, 5.41) is 0. The number of nitrogen functional groups attached to an aromatic ring is 2. The van der Waals surface area contributed by atoms with Crippen LogP contribution in [0.3, 0.4) is 0 Å². The van der Waals surface area contributed by atoms with Crippen molar-refractivity contribution in [1.29, 1.82) is 0 Å².